The molecular weight excluding hydrogens is 704 g/mol. The van der Waals surface area contributed by atoms with Gasteiger partial charge in [0, 0.05) is 33.2 Å². The van der Waals surface area contributed by atoms with Crippen molar-refractivity contribution in [2.24, 2.45) is 9.98 Å². The minimum Gasteiger partial charge on any atom is -0.291 e. The molecule has 2 amide bonds. The predicted molar refractivity (Wildman–Crippen MR) is 192 cm³/mol. The second-order valence-electron chi connectivity index (χ2n) is 11.0. The van der Waals surface area contributed by atoms with Gasteiger partial charge in [-0.15, -0.1) is 0 Å². The van der Waals surface area contributed by atoms with Crippen molar-refractivity contribution in [3.63, 3.8) is 0 Å². The molecule has 0 bridgehead atoms. The van der Waals surface area contributed by atoms with Crippen LogP contribution in [0.4, 0.5) is 0 Å². The van der Waals surface area contributed by atoms with Gasteiger partial charge in [-0.1, -0.05) is 142 Å². The molecule has 6 nitrogen and oxygen atoms in total. The third-order valence-corrected chi connectivity index (χ3v) is 9.22. The third-order valence-electron chi connectivity index (χ3n) is 7.84. The molecule has 0 aromatic heterocycles. The van der Waals surface area contributed by atoms with Gasteiger partial charge >= 0.3 is 0 Å². The number of halogens is 2. The topological polar surface area (TPSA) is 65.3 Å². The molecule has 0 aliphatic carbocycles. The number of hydrogen-bond acceptors (Lipinski definition) is 4. The second kappa shape index (κ2) is 14.8. The van der Waals surface area contributed by atoms with Gasteiger partial charge in [-0.3, -0.25) is 19.4 Å². The first kappa shape index (κ1) is 31.6. The minimum absolute atomic E-state index is 0.0932. The van der Waals surface area contributed by atoms with Gasteiger partial charge in [0.1, 0.15) is 23.1 Å². The van der Waals surface area contributed by atoms with E-state index in [2.05, 4.69) is 31.9 Å². The molecule has 2 aliphatic heterocycles. The van der Waals surface area contributed by atoms with Crippen molar-refractivity contribution in [3.05, 3.63) is 152 Å². The summed E-state index contributed by atoms with van der Waals surface area (Å²) in [5, 5.41) is 0. The lowest BCUT2D eigenvalue weighted by atomic mass is 10.1. The molecule has 230 valence electrons. The summed E-state index contributed by atoms with van der Waals surface area (Å²) >= 11 is 7.28. The van der Waals surface area contributed by atoms with E-state index in [1.165, 1.54) is 0 Å². The van der Waals surface area contributed by atoms with Crippen molar-refractivity contribution >= 4 is 67.5 Å². The Balaban J connectivity index is 1.11. The Bertz CT molecular complexity index is 1730. The fourth-order valence-electron chi connectivity index (χ4n) is 5.52. The molecule has 0 radical (unpaired) electrons. The fourth-order valence-corrected chi connectivity index (χ4v) is 6.44. The van der Waals surface area contributed by atoms with Crippen LogP contribution in [0.3, 0.4) is 0 Å². The first-order valence-corrected chi connectivity index (χ1v) is 16.9. The third kappa shape index (κ3) is 7.19. The number of nitrogens with zero attached hydrogens (tertiary/aromatic N) is 4. The van der Waals surface area contributed by atoms with E-state index >= 15 is 0 Å². The lowest BCUT2D eigenvalue weighted by molar-refractivity contribution is -0.123. The van der Waals surface area contributed by atoms with Crippen LogP contribution in [0.25, 0.3) is 12.2 Å². The smallest absolute Gasteiger partial charge is 0.278 e. The molecule has 0 N–H and O–H groups in total. The minimum atomic E-state index is -0.0932. The summed E-state index contributed by atoms with van der Waals surface area (Å²) in [4.78, 5) is 40.3. The average molecular weight is 737 g/mol. The number of amides is 2. The summed E-state index contributed by atoms with van der Waals surface area (Å²) in [5.41, 5.74) is 4.51. The first-order chi connectivity index (χ1) is 22.5. The molecule has 6 rings (SSSR count). The number of aliphatic imine (C=N–C) groups is 2. The van der Waals surface area contributed by atoms with E-state index in [4.69, 9.17) is 9.98 Å². The number of unbranched alkanes of at least 4 members (excludes halogenated alkanes) is 3. The van der Waals surface area contributed by atoms with Gasteiger partial charge in [-0.05, 0) is 48.3 Å². The number of rotatable bonds is 11. The van der Waals surface area contributed by atoms with Crippen LogP contribution in [0.5, 0.6) is 0 Å². The highest BCUT2D eigenvalue weighted by Crippen LogP contribution is 2.28. The van der Waals surface area contributed by atoms with Crippen LogP contribution in [0.15, 0.2) is 140 Å². The van der Waals surface area contributed by atoms with Crippen LogP contribution in [0.2, 0.25) is 0 Å². The Hall–Kier alpha value is -4.40. The molecule has 0 spiro atoms. The van der Waals surface area contributed by atoms with Crippen molar-refractivity contribution in [1.29, 1.82) is 0 Å². The van der Waals surface area contributed by atoms with Crippen LogP contribution >= 0.6 is 31.9 Å². The molecule has 0 saturated carbocycles. The summed E-state index contributed by atoms with van der Waals surface area (Å²) in [6.07, 6.45) is 7.12. The first-order valence-electron chi connectivity index (χ1n) is 15.3. The lowest BCUT2D eigenvalue weighted by Gasteiger charge is -2.20. The van der Waals surface area contributed by atoms with Crippen molar-refractivity contribution in [1.82, 2.24) is 9.80 Å². The van der Waals surface area contributed by atoms with Crippen molar-refractivity contribution in [2.45, 2.75) is 25.7 Å². The number of amidine groups is 2. The molecular formula is C38H32Br2N4O2. The zero-order valence-corrected chi connectivity index (χ0v) is 28.3. The molecule has 2 heterocycles. The van der Waals surface area contributed by atoms with Crippen LogP contribution in [-0.4, -0.2) is 46.4 Å². The summed E-state index contributed by atoms with van der Waals surface area (Å²) < 4.78 is 1.79. The van der Waals surface area contributed by atoms with E-state index in [0.717, 1.165) is 56.9 Å². The molecule has 0 fully saturated rings. The highest BCUT2D eigenvalue weighted by molar-refractivity contribution is 9.10. The highest BCUT2D eigenvalue weighted by Gasteiger charge is 2.33. The molecule has 0 unspecified atom stereocenters. The van der Waals surface area contributed by atoms with Gasteiger partial charge in [0.15, 0.2) is 0 Å². The maximum Gasteiger partial charge on any atom is 0.278 e. The van der Waals surface area contributed by atoms with E-state index < -0.39 is 0 Å². The fraction of sp³-hybridized carbons (Fsp3) is 0.158. The molecule has 0 atom stereocenters. The quantitative estimate of drug-likeness (QED) is 0.114. The summed E-state index contributed by atoms with van der Waals surface area (Å²) in [5.74, 6) is 1.14. The van der Waals surface area contributed by atoms with Crippen molar-refractivity contribution in [2.75, 3.05) is 13.1 Å². The van der Waals surface area contributed by atoms with Gasteiger partial charge in [0.25, 0.3) is 11.8 Å². The average Bonchev–Trinajstić information content (AvgIpc) is 3.54. The van der Waals surface area contributed by atoms with Crippen molar-refractivity contribution in [3.8, 4) is 0 Å². The lowest BCUT2D eigenvalue weighted by Crippen LogP contribution is -2.34. The summed E-state index contributed by atoms with van der Waals surface area (Å²) in [7, 11) is 0. The molecule has 0 saturated heterocycles. The normalized spacial score (nSPS) is 16.5. The molecule has 8 heteroatoms. The monoisotopic (exact) mass is 734 g/mol. The van der Waals surface area contributed by atoms with Crippen molar-refractivity contribution < 1.29 is 9.59 Å². The SMILES string of the molecule is O=C1C(=Cc2ccccc2)N=C(c2ccccc2Br)N1CCCCCCN1C(=O)C(=Cc2ccccc2)N=C1c1ccccc1Br. The molecule has 4 aromatic rings. The Labute approximate surface area is 286 Å². The van der Waals surface area contributed by atoms with Gasteiger partial charge in [0.05, 0.1) is 0 Å². The standard InChI is InChI=1S/C38H32Br2N4O2/c39-31-21-11-9-19-29(31)35-41-33(25-27-15-5-3-6-16-27)37(45)43(35)23-13-1-2-14-24-44-36(30-20-10-12-22-32(30)40)42-34(38(44)46)26-28-17-7-4-8-18-28/h3-12,15-22,25-26H,1-2,13-14,23-24H2. The Morgan fingerprint density at radius 1 is 0.500 bits per heavy atom. The summed E-state index contributed by atoms with van der Waals surface area (Å²) in [6, 6.07) is 35.3. The molecule has 46 heavy (non-hydrogen) atoms. The second-order valence-corrected chi connectivity index (χ2v) is 12.7. The maximum atomic E-state index is 13.6. The van der Waals surface area contributed by atoms with Crippen LogP contribution in [0.1, 0.15) is 47.9 Å². The molecule has 2 aliphatic rings. The predicted octanol–water partition coefficient (Wildman–Crippen LogP) is 8.73. The summed E-state index contributed by atoms with van der Waals surface area (Å²) in [6.45, 7) is 1.11. The van der Waals surface area contributed by atoms with Crippen LogP contribution < -0.4 is 0 Å². The number of carbonyl (C=O) groups is 2. The van der Waals surface area contributed by atoms with E-state index in [1.54, 1.807) is 9.80 Å². The number of carbonyl (C=O) groups excluding carboxylic acids is 2. The zero-order chi connectivity index (χ0) is 31.9. The number of benzene rings is 4. The van der Waals surface area contributed by atoms with Crippen LogP contribution in [0, 0.1) is 0 Å². The largest absolute Gasteiger partial charge is 0.291 e. The Morgan fingerprint density at radius 3 is 1.26 bits per heavy atom. The van der Waals surface area contributed by atoms with Gasteiger partial charge in [-0.25, -0.2) is 9.98 Å². The van der Waals surface area contributed by atoms with Crippen LogP contribution in [-0.2, 0) is 9.59 Å². The van der Waals surface area contributed by atoms with Gasteiger partial charge in [0.2, 0.25) is 0 Å². The van der Waals surface area contributed by atoms with E-state index in [9.17, 15) is 9.59 Å². The van der Waals surface area contributed by atoms with E-state index in [0.29, 0.717) is 36.2 Å². The Kier molecular flexibility index (Phi) is 10.2. The van der Waals surface area contributed by atoms with Gasteiger partial charge in [-0.2, -0.15) is 0 Å². The van der Waals surface area contributed by atoms with E-state index in [1.807, 2.05) is 121 Å². The Morgan fingerprint density at radius 2 is 0.870 bits per heavy atom. The van der Waals surface area contributed by atoms with E-state index in [-0.39, 0.29) is 11.8 Å². The zero-order valence-electron chi connectivity index (χ0n) is 25.2. The van der Waals surface area contributed by atoms with Gasteiger partial charge < -0.3 is 0 Å². The number of hydrogen-bond donors (Lipinski definition) is 0. The highest BCUT2D eigenvalue weighted by atomic mass is 79.9. The maximum absolute atomic E-state index is 13.6. The molecule has 4 aromatic carbocycles.